The third kappa shape index (κ3) is 3.59. The van der Waals surface area contributed by atoms with Gasteiger partial charge in [0.2, 0.25) is 0 Å². The van der Waals surface area contributed by atoms with Crippen molar-refractivity contribution < 1.29 is 0 Å². The summed E-state index contributed by atoms with van der Waals surface area (Å²) in [6.07, 6.45) is 7.52. The Bertz CT molecular complexity index is 733. The van der Waals surface area contributed by atoms with Crippen LogP contribution >= 0.6 is 0 Å². The second kappa shape index (κ2) is 6.91. The number of rotatable bonds is 5. The van der Waals surface area contributed by atoms with Crippen molar-refractivity contribution in [2.24, 2.45) is 0 Å². The van der Waals surface area contributed by atoms with E-state index in [1.165, 1.54) is 17.6 Å². The summed E-state index contributed by atoms with van der Waals surface area (Å²) in [5.74, 6) is 0.328. The van der Waals surface area contributed by atoms with Crippen molar-refractivity contribution in [2.75, 3.05) is 13.1 Å². The average molecular weight is 313 g/mol. The number of aromatic nitrogens is 4. The molecule has 0 aromatic carbocycles. The third-order valence-electron chi connectivity index (χ3n) is 4.52. The number of nitrogens with zero attached hydrogens (tertiary/aromatic N) is 4. The molecule has 1 unspecified atom stereocenters. The minimum Gasteiger partial charge on any atom is -0.313 e. The van der Waals surface area contributed by atoms with Gasteiger partial charge in [-0.3, -0.25) is 14.4 Å². The van der Waals surface area contributed by atoms with Gasteiger partial charge in [-0.15, -0.1) is 6.58 Å². The molecule has 23 heavy (non-hydrogen) atoms. The number of piperidine rings is 1. The van der Waals surface area contributed by atoms with E-state index < -0.39 is 0 Å². The molecule has 1 atom stereocenters. The van der Waals surface area contributed by atoms with Gasteiger partial charge in [0.05, 0.1) is 24.8 Å². The van der Waals surface area contributed by atoms with Crippen LogP contribution in [-0.4, -0.2) is 37.7 Å². The molecule has 6 nitrogen and oxygen atoms in total. The van der Waals surface area contributed by atoms with E-state index in [0.717, 1.165) is 44.7 Å². The first-order valence-corrected chi connectivity index (χ1v) is 8.06. The standard InChI is InChI=1S/C17H23N5O/c1-3-6-22-13(2)15(9-20-22)11-21-7-4-5-14(10-21)16-8-17(23)19-12-18-16/h3,8-9,12,14H,1,4-7,10-11H2,2H3,(H,18,19,23). The zero-order valence-electron chi connectivity index (χ0n) is 13.5. The topological polar surface area (TPSA) is 66.8 Å². The maximum absolute atomic E-state index is 11.5. The molecule has 0 saturated carbocycles. The highest BCUT2D eigenvalue weighted by Crippen LogP contribution is 2.26. The number of allylic oxidation sites excluding steroid dienone is 1. The van der Waals surface area contributed by atoms with Gasteiger partial charge in [0.1, 0.15) is 0 Å². The Hall–Kier alpha value is -2.21. The van der Waals surface area contributed by atoms with Crippen LogP contribution in [0.3, 0.4) is 0 Å². The Morgan fingerprint density at radius 1 is 1.52 bits per heavy atom. The number of nitrogens with one attached hydrogen (secondary N) is 1. The molecule has 1 saturated heterocycles. The van der Waals surface area contributed by atoms with Gasteiger partial charge in [0.25, 0.3) is 5.56 Å². The molecule has 3 heterocycles. The Morgan fingerprint density at radius 2 is 2.39 bits per heavy atom. The first-order chi connectivity index (χ1) is 11.2. The quantitative estimate of drug-likeness (QED) is 0.855. The molecule has 0 spiro atoms. The van der Waals surface area contributed by atoms with Gasteiger partial charge < -0.3 is 4.98 Å². The van der Waals surface area contributed by atoms with Crippen molar-refractivity contribution in [3.05, 3.63) is 58.6 Å². The van der Waals surface area contributed by atoms with Crippen molar-refractivity contribution >= 4 is 0 Å². The summed E-state index contributed by atoms with van der Waals surface area (Å²) in [6, 6.07) is 1.63. The molecule has 0 aliphatic carbocycles. The molecular formula is C17H23N5O. The number of H-pyrrole nitrogens is 1. The maximum atomic E-state index is 11.5. The molecule has 2 aromatic heterocycles. The van der Waals surface area contributed by atoms with Gasteiger partial charge in [0, 0.05) is 36.3 Å². The van der Waals surface area contributed by atoms with E-state index in [0.29, 0.717) is 5.92 Å². The summed E-state index contributed by atoms with van der Waals surface area (Å²) < 4.78 is 1.97. The van der Waals surface area contributed by atoms with Crippen molar-refractivity contribution in [3.63, 3.8) is 0 Å². The minimum atomic E-state index is -0.0753. The Kier molecular flexibility index (Phi) is 4.71. The van der Waals surface area contributed by atoms with Crippen LogP contribution in [0.25, 0.3) is 0 Å². The molecular weight excluding hydrogens is 290 g/mol. The lowest BCUT2D eigenvalue weighted by molar-refractivity contribution is 0.198. The van der Waals surface area contributed by atoms with Gasteiger partial charge in [-0.05, 0) is 26.3 Å². The molecule has 1 aliphatic heterocycles. The second-order valence-corrected chi connectivity index (χ2v) is 6.14. The highest BCUT2D eigenvalue weighted by Gasteiger charge is 2.23. The largest absolute Gasteiger partial charge is 0.313 e. The summed E-state index contributed by atoms with van der Waals surface area (Å²) in [6.45, 7) is 9.51. The first kappa shape index (κ1) is 15.7. The Labute approximate surface area is 135 Å². The zero-order valence-corrected chi connectivity index (χ0v) is 13.5. The Balaban J connectivity index is 1.69. The summed E-state index contributed by atoms with van der Waals surface area (Å²) in [5.41, 5.74) is 3.28. The molecule has 0 amide bonds. The van der Waals surface area contributed by atoms with Crippen LogP contribution in [0.2, 0.25) is 0 Å². The minimum absolute atomic E-state index is 0.0753. The van der Waals surface area contributed by atoms with E-state index in [-0.39, 0.29) is 5.56 Å². The molecule has 1 N–H and O–H groups in total. The molecule has 0 bridgehead atoms. The van der Waals surface area contributed by atoms with Gasteiger partial charge in [0.15, 0.2) is 0 Å². The maximum Gasteiger partial charge on any atom is 0.250 e. The van der Waals surface area contributed by atoms with Crippen molar-refractivity contribution in [3.8, 4) is 0 Å². The van der Waals surface area contributed by atoms with Crippen LogP contribution in [-0.2, 0) is 13.1 Å². The van der Waals surface area contributed by atoms with Crippen LogP contribution in [0.5, 0.6) is 0 Å². The normalized spacial score (nSPS) is 18.9. The molecule has 1 fully saturated rings. The number of aromatic amines is 1. The fourth-order valence-electron chi connectivity index (χ4n) is 3.24. The fraction of sp³-hybridized carbons (Fsp3) is 0.471. The van der Waals surface area contributed by atoms with E-state index >= 15 is 0 Å². The summed E-state index contributed by atoms with van der Waals surface area (Å²) in [4.78, 5) is 20.8. The van der Waals surface area contributed by atoms with Crippen LogP contribution < -0.4 is 5.56 Å². The van der Waals surface area contributed by atoms with Crippen molar-refractivity contribution in [2.45, 2.75) is 38.8 Å². The first-order valence-electron chi connectivity index (χ1n) is 8.06. The number of hydrogen-bond donors (Lipinski definition) is 1. The van der Waals surface area contributed by atoms with Gasteiger partial charge in [-0.1, -0.05) is 6.08 Å². The van der Waals surface area contributed by atoms with Crippen molar-refractivity contribution in [1.82, 2.24) is 24.6 Å². The van der Waals surface area contributed by atoms with E-state index in [1.807, 2.05) is 17.0 Å². The smallest absolute Gasteiger partial charge is 0.250 e. The van der Waals surface area contributed by atoms with Crippen LogP contribution in [0.1, 0.15) is 35.7 Å². The predicted octanol–water partition coefficient (Wildman–Crippen LogP) is 1.84. The molecule has 6 heteroatoms. The van der Waals surface area contributed by atoms with E-state index in [2.05, 4.69) is 33.5 Å². The highest BCUT2D eigenvalue weighted by atomic mass is 16.1. The van der Waals surface area contributed by atoms with Crippen molar-refractivity contribution in [1.29, 1.82) is 0 Å². The second-order valence-electron chi connectivity index (χ2n) is 6.14. The fourth-order valence-corrected chi connectivity index (χ4v) is 3.24. The van der Waals surface area contributed by atoms with Gasteiger partial charge in [-0.2, -0.15) is 5.10 Å². The summed E-state index contributed by atoms with van der Waals surface area (Å²) in [5, 5.41) is 4.42. The summed E-state index contributed by atoms with van der Waals surface area (Å²) >= 11 is 0. The zero-order chi connectivity index (χ0) is 16.2. The lowest BCUT2D eigenvalue weighted by atomic mass is 9.94. The molecule has 122 valence electrons. The van der Waals surface area contributed by atoms with Crippen LogP contribution in [0.4, 0.5) is 0 Å². The number of hydrogen-bond acceptors (Lipinski definition) is 4. The van der Waals surface area contributed by atoms with E-state index in [9.17, 15) is 4.79 Å². The molecule has 1 aliphatic rings. The molecule has 0 radical (unpaired) electrons. The molecule has 3 rings (SSSR count). The SMILES string of the molecule is C=CCn1ncc(CN2CCCC(c3cc(=O)[nH]cn3)C2)c1C. The predicted molar refractivity (Wildman–Crippen MR) is 89.3 cm³/mol. The van der Waals surface area contributed by atoms with Crippen LogP contribution in [0.15, 0.2) is 36.0 Å². The summed E-state index contributed by atoms with van der Waals surface area (Å²) in [7, 11) is 0. The van der Waals surface area contributed by atoms with E-state index in [1.54, 1.807) is 6.07 Å². The van der Waals surface area contributed by atoms with Gasteiger partial charge in [-0.25, -0.2) is 4.98 Å². The van der Waals surface area contributed by atoms with E-state index in [4.69, 9.17) is 0 Å². The lowest BCUT2D eigenvalue weighted by Gasteiger charge is -2.32. The molecule has 2 aromatic rings. The highest BCUT2D eigenvalue weighted by molar-refractivity contribution is 5.17. The average Bonchev–Trinajstić information content (AvgIpc) is 2.89. The monoisotopic (exact) mass is 313 g/mol. The van der Waals surface area contributed by atoms with Crippen LogP contribution in [0, 0.1) is 6.92 Å². The van der Waals surface area contributed by atoms with Gasteiger partial charge >= 0.3 is 0 Å². The third-order valence-corrected chi connectivity index (χ3v) is 4.52. The number of likely N-dealkylation sites (tertiary alicyclic amines) is 1. The Morgan fingerprint density at radius 3 is 3.17 bits per heavy atom. The lowest BCUT2D eigenvalue weighted by Crippen LogP contribution is -2.34.